The average Bonchev–Trinajstić information content (AvgIpc) is 3.58. The van der Waals surface area contributed by atoms with E-state index in [0.717, 1.165) is 60.9 Å². The highest BCUT2D eigenvalue weighted by Gasteiger charge is 2.43. The van der Waals surface area contributed by atoms with Gasteiger partial charge in [0.05, 0.1) is 18.0 Å². The zero-order valence-corrected chi connectivity index (χ0v) is 29.4. The van der Waals surface area contributed by atoms with Crippen LogP contribution in [0.25, 0.3) is 0 Å². The second-order valence-electron chi connectivity index (χ2n) is 15.2. The van der Waals surface area contributed by atoms with Crippen LogP contribution in [0.5, 0.6) is 11.5 Å². The molecule has 1 aromatic heterocycles. The normalized spacial score (nSPS) is 34.0. The summed E-state index contributed by atoms with van der Waals surface area (Å²) in [5.74, 6) is 6.79. The van der Waals surface area contributed by atoms with Crippen LogP contribution in [-0.2, 0) is 12.8 Å². The minimum atomic E-state index is -1.25. The topological polar surface area (TPSA) is 164 Å². The van der Waals surface area contributed by atoms with Gasteiger partial charge in [0.15, 0.2) is 11.5 Å². The Morgan fingerprint density at radius 3 is 2.67 bits per heavy atom. The van der Waals surface area contributed by atoms with Crippen LogP contribution >= 0.6 is 0 Å². The van der Waals surface area contributed by atoms with Crippen molar-refractivity contribution in [3.63, 3.8) is 0 Å². The monoisotopic (exact) mass is 695 g/mol. The van der Waals surface area contributed by atoms with Gasteiger partial charge in [-0.3, -0.25) is 0 Å². The van der Waals surface area contributed by atoms with Crippen molar-refractivity contribution in [2.24, 2.45) is 35.3 Å². The Morgan fingerprint density at radius 2 is 1.88 bits per heavy atom. The molecule has 7 rings (SSSR count). The quantitative estimate of drug-likeness (QED) is 0.155. The highest BCUT2D eigenvalue weighted by molar-refractivity contribution is 5.52. The lowest BCUT2D eigenvalue weighted by atomic mass is 9.73. The molecular weight excluding hydrogens is 642 g/mol. The van der Waals surface area contributed by atoms with Crippen molar-refractivity contribution < 1.29 is 30.3 Å². The van der Waals surface area contributed by atoms with Crippen LogP contribution in [0.1, 0.15) is 74.6 Å². The first-order valence-electron chi connectivity index (χ1n) is 18.9. The van der Waals surface area contributed by atoms with Crippen molar-refractivity contribution in [2.75, 3.05) is 6.54 Å². The third kappa shape index (κ3) is 7.52. The Labute approximate surface area is 301 Å². The van der Waals surface area contributed by atoms with Crippen LogP contribution in [0, 0.1) is 41.4 Å². The highest BCUT2D eigenvalue weighted by Crippen LogP contribution is 2.48. The van der Waals surface area contributed by atoms with Crippen molar-refractivity contribution in [2.45, 2.75) is 101 Å². The molecule has 272 valence electrons. The number of phenols is 1. The van der Waals surface area contributed by atoms with E-state index in [1.165, 1.54) is 5.57 Å². The highest BCUT2D eigenvalue weighted by atomic mass is 16.5. The molecule has 9 nitrogen and oxygen atoms in total. The summed E-state index contributed by atoms with van der Waals surface area (Å²) < 4.78 is 6.64. The van der Waals surface area contributed by atoms with Crippen LogP contribution in [-0.4, -0.2) is 67.6 Å². The minimum Gasteiger partial charge on any atom is -0.504 e. The molecule has 1 aliphatic heterocycles. The van der Waals surface area contributed by atoms with Gasteiger partial charge in [-0.15, -0.1) is 0 Å². The number of nitrogens with two attached hydrogens (primary N) is 1. The molecule has 4 aliphatic carbocycles. The molecule has 0 spiro atoms. The summed E-state index contributed by atoms with van der Waals surface area (Å²) in [6, 6.07) is 7.59. The van der Waals surface area contributed by atoms with E-state index >= 15 is 0 Å². The molecule has 9 heteroatoms. The van der Waals surface area contributed by atoms with Gasteiger partial charge >= 0.3 is 0 Å². The first kappa shape index (κ1) is 35.5. The summed E-state index contributed by atoms with van der Waals surface area (Å²) in [6.07, 6.45) is 14.1. The Balaban J connectivity index is 1.23. The number of rotatable bonds is 7. The lowest BCUT2D eigenvalue weighted by Crippen LogP contribution is -2.50. The first-order chi connectivity index (χ1) is 24.7. The van der Waals surface area contributed by atoms with Crippen molar-refractivity contribution in [1.29, 1.82) is 0 Å². The van der Waals surface area contributed by atoms with Gasteiger partial charge in [-0.05, 0) is 97.9 Å². The summed E-state index contributed by atoms with van der Waals surface area (Å²) in [6.45, 7) is 2.75. The number of aliphatic hydroxyl groups excluding tert-OH is 4. The number of fused-ring (bicyclic) bond motifs is 4. The summed E-state index contributed by atoms with van der Waals surface area (Å²) >= 11 is 0. The number of dihydropyridines is 1. The Morgan fingerprint density at radius 1 is 1.04 bits per heavy atom. The van der Waals surface area contributed by atoms with Gasteiger partial charge in [-0.25, -0.2) is 0 Å². The van der Waals surface area contributed by atoms with Gasteiger partial charge in [-0.2, -0.15) is 0 Å². The number of allylic oxidation sites excluding steroid dienone is 4. The number of hydrogen-bond acceptors (Lipinski definition) is 8. The lowest BCUT2D eigenvalue weighted by molar-refractivity contribution is -0.0608. The maximum atomic E-state index is 11.8. The van der Waals surface area contributed by atoms with E-state index in [0.29, 0.717) is 37.5 Å². The lowest BCUT2D eigenvalue weighted by Gasteiger charge is -2.40. The Bertz CT molecular complexity index is 1730. The molecule has 0 bridgehead atoms. The fraction of sp³-hybridized carbons (Fsp3) is 0.524. The summed E-state index contributed by atoms with van der Waals surface area (Å²) in [7, 11) is 0. The SMILES string of the molecule is CC[C@H]1C#C[C@H]2C=C3CCc4cc(O)c(O[C@H]5[C@@H](O)[C@@H](O)C=C[C@@H]5[C@H](Cc5ccc[nH]5)C5=CCNC(N)=C5)cc4[C@@H]3C[C@@H](O)[C@H]2[C@@H](O)CCCC1. The number of H-pyrrole nitrogens is 1. The molecule has 51 heavy (non-hydrogen) atoms. The molecule has 0 saturated carbocycles. The summed E-state index contributed by atoms with van der Waals surface area (Å²) in [5, 5.41) is 60.0. The molecule has 0 fully saturated rings. The molecule has 2 aromatic rings. The van der Waals surface area contributed by atoms with E-state index in [9.17, 15) is 25.5 Å². The number of aliphatic hydroxyl groups is 4. The van der Waals surface area contributed by atoms with E-state index in [1.54, 1.807) is 12.1 Å². The molecule has 11 atom stereocenters. The third-order valence-corrected chi connectivity index (χ3v) is 12.0. The number of aryl methyl sites for hydroxylation is 1. The van der Waals surface area contributed by atoms with Gasteiger partial charge in [0.1, 0.15) is 18.3 Å². The first-order valence-corrected chi connectivity index (χ1v) is 18.9. The maximum Gasteiger partial charge on any atom is 0.161 e. The van der Waals surface area contributed by atoms with Crippen LogP contribution in [0.2, 0.25) is 0 Å². The van der Waals surface area contributed by atoms with Gasteiger partial charge < -0.3 is 46.3 Å². The third-order valence-electron chi connectivity index (χ3n) is 12.0. The molecule has 0 amide bonds. The Kier molecular flexibility index (Phi) is 10.7. The van der Waals surface area contributed by atoms with E-state index < -0.39 is 30.5 Å². The summed E-state index contributed by atoms with van der Waals surface area (Å²) in [5.41, 5.74) is 11.4. The zero-order chi connectivity index (χ0) is 35.6. The van der Waals surface area contributed by atoms with E-state index in [1.807, 2.05) is 36.5 Å². The van der Waals surface area contributed by atoms with Gasteiger partial charge in [0, 0.05) is 48.0 Å². The van der Waals surface area contributed by atoms with Crippen molar-refractivity contribution >= 4 is 0 Å². The standard InChI is InChI=1S/C42H53N3O6/c1-2-24-6-3-4-8-34(46)40-28(10-9-24)18-25-11-12-26-19-36(48)38(23-33(26)32(25)22-37(40)49)51-42-30(13-14-35(47)41(42)50)31(21-29-7-5-16-44-29)27-15-17-45-39(43)20-27/h5,7,13-16,18-20,23-24,28,30-32,34-35,37,40-42,44-50H,2-4,6,8,11-12,17,21-22,43H2,1H3/t24-,28+,30-,31-,32-,34+,35+,37-,40-,41+,42-/m1/s1. The number of hydrogen-bond donors (Lipinski definition) is 8. The fourth-order valence-corrected chi connectivity index (χ4v) is 9.12. The minimum absolute atomic E-state index is 0.0301. The summed E-state index contributed by atoms with van der Waals surface area (Å²) in [4.78, 5) is 3.30. The molecule has 0 radical (unpaired) electrons. The zero-order valence-electron chi connectivity index (χ0n) is 29.4. The largest absolute Gasteiger partial charge is 0.504 e. The predicted octanol–water partition coefficient (Wildman–Crippen LogP) is 4.48. The maximum absolute atomic E-state index is 11.8. The second kappa shape index (κ2) is 15.3. The smallest absolute Gasteiger partial charge is 0.161 e. The van der Waals surface area contributed by atoms with Crippen molar-refractivity contribution in [3.05, 3.63) is 94.6 Å². The number of ether oxygens (including phenoxy) is 1. The number of benzene rings is 1. The average molecular weight is 696 g/mol. The molecule has 0 unspecified atom stereocenters. The van der Waals surface area contributed by atoms with Crippen LogP contribution in [0.15, 0.2) is 77.8 Å². The number of aromatic nitrogens is 1. The number of aromatic hydroxyl groups is 1. The number of phenolic OH excluding ortho intramolecular Hbond substituents is 1. The van der Waals surface area contributed by atoms with Crippen molar-refractivity contribution in [1.82, 2.24) is 10.3 Å². The van der Waals surface area contributed by atoms with Gasteiger partial charge in [0.25, 0.3) is 0 Å². The molecule has 2 heterocycles. The van der Waals surface area contributed by atoms with Gasteiger partial charge in [-0.1, -0.05) is 61.5 Å². The van der Waals surface area contributed by atoms with Crippen molar-refractivity contribution in [3.8, 4) is 23.3 Å². The molecule has 1 aromatic carbocycles. The van der Waals surface area contributed by atoms with Crippen LogP contribution < -0.4 is 15.8 Å². The van der Waals surface area contributed by atoms with Crippen LogP contribution in [0.4, 0.5) is 0 Å². The molecular formula is C42H53N3O6. The predicted molar refractivity (Wildman–Crippen MR) is 196 cm³/mol. The second-order valence-corrected chi connectivity index (χ2v) is 15.2. The van der Waals surface area contributed by atoms with E-state index in [2.05, 4.69) is 41.2 Å². The van der Waals surface area contributed by atoms with E-state index in [-0.39, 0.29) is 41.1 Å². The molecule has 9 N–H and O–H groups in total. The number of nitrogens with one attached hydrogen (secondary N) is 2. The molecule has 5 aliphatic rings. The van der Waals surface area contributed by atoms with E-state index in [4.69, 9.17) is 10.5 Å². The Hall–Kier alpha value is -3.94. The van der Waals surface area contributed by atoms with Crippen LogP contribution in [0.3, 0.4) is 0 Å². The number of aromatic amines is 1. The molecule has 0 saturated heterocycles. The van der Waals surface area contributed by atoms with Gasteiger partial charge in [0.2, 0.25) is 0 Å². The fourth-order valence-electron chi connectivity index (χ4n) is 9.12.